The van der Waals surface area contributed by atoms with Crippen LogP contribution in [0.15, 0.2) is 81.6 Å². The van der Waals surface area contributed by atoms with Crippen LogP contribution in [0.25, 0.3) is 22.2 Å². The van der Waals surface area contributed by atoms with E-state index in [-0.39, 0.29) is 18.7 Å². The van der Waals surface area contributed by atoms with Crippen LogP contribution in [0, 0.1) is 0 Å². The van der Waals surface area contributed by atoms with E-state index in [0.717, 1.165) is 81.9 Å². The highest BCUT2D eigenvalue weighted by Gasteiger charge is 2.39. The molecule has 0 saturated carbocycles. The van der Waals surface area contributed by atoms with Crippen molar-refractivity contribution < 1.29 is 32.2 Å². The zero-order valence-electron chi connectivity index (χ0n) is 34.2. The summed E-state index contributed by atoms with van der Waals surface area (Å²) >= 11 is 12.9. The van der Waals surface area contributed by atoms with Gasteiger partial charge in [-0.2, -0.15) is 9.97 Å². The molecular weight excluding hydrogens is 810 g/mol. The minimum atomic E-state index is -0.572. The molecule has 0 amide bonds. The molecule has 318 valence electrons. The SMILES string of the molecule is CCCOc1cc(CN2CCC(N(c3nc4ccc(Cl)cc4o3)N(c3nc4ccc(Cl)cc4o3)C3CCN(Cc4ccc(OC)c(OCCF)c4)CC3)CC2)ccc1OC. The predicted molar refractivity (Wildman–Crippen MR) is 233 cm³/mol. The molecule has 0 spiro atoms. The highest BCUT2D eigenvalue weighted by molar-refractivity contribution is 6.31. The second-order valence-corrected chi connectivity index (χ2v) is 16.1. The molecule has 15 heteroatoms. The zero-order chi connectivity index (χ0) is 41.6. The Bertz CT molecular complexity index is 2200. The summed E-state index contributed by atoms with van der Waals surface area (Å²) in [4.78, 5) is 15.0. The fourth-order valence-electron chi connectivity index (χ4n) is 8.20. The molecule has 0 aliphatic carbocycles. The Labute approximate surface area is 359 Å². The Morgan fingerprint density at radius 2 is 1.08 bits per heavy atom. The van der Waals surface area contributed by atoms with Crippen molar-refractivity contribution in [2.75, 3.05) is 70.3 Å². The van der Waals surface area contributed by atoms with Crippen LogP contribution in [0.4, 0.5) is 16.4 Å². The van der Waals surface area contributed by atoms with Crippen molar-refractivity contribution in [1.29, 1.82) is 0 Å². The van der Waals surface area contributed by atoms with Crippen molar-refractivity contribution in [3.05, 3.63) is 94.0 Å². The van der Waals surface area contributed by atoms with Crippen molar-refractivity contribution in [2.24, 2.45) is 0 Å². The lowest BCUT2D eigenvalue weighted by Gasteiger charge is -2.47. The zero-order valence-corrected chi connectivity index (χ0v) is 35.8. The van der Waals surface area contributed by atoms with Gasteiger partial charge >= 0.3 is 12.0 Å². The summed E-state index contributed by atoms with van der Waals surface area (Å²) in [7, 11) is 3.26. The Hall–Kier alpha value is -4.95. The van der Waals surface area contributed by atoms with Gasteiger partial charge < -0.3 is 27.8 Å². The van der Waals surface area contributed by atoms with E-state index in [1.165, 1.54) is 5.56 Å². The summed E-state index contributed by atoms with van der Waals surface area (Å²) in [5, 5.41) is 5.53. The molecule has 12 nitrogen and oxygen atoms in total. The molecule has 0 radical (unpaired) electrons. The molecule has 0 N–H and O–H groups in total. The molecule has 0 atom stereocenters. The lowest BCUT2D eigenvalue weighted by atomic mass is 10.0. The van der Waals surface area contributed by atoms with Crippen molar-refractivity contribution in [1.82, 2.24) is 19.8 Å². The van der Waals surface area contributed by atoms with E-state index in [1.807, 2.05) is 48.5 Å². The first-order valence-corrected chi connectivity index (χ1v) is 21.4. The molecule has 6 aromatic rings. The number of benzene rings is 4. The molecule has 2 saturated heterocycles. The van der Waals surface area contributed by atoms with Crippen molar-refractivity contribution in [2.45, 2.75) is 64.2 Å². The molecule has 60 heavy (non-hydrogen) atoms. The molecule has 4 aromatic carbocycles. The maximum Gasteiger partial charge on any atom is 0.318 e. The molecule has 8 rings (SSSR count). The minimum absolute atomic E-state index is 0.00257. The van der Waals surface area contributed by atoms with E-state index in [9.17, 15) is 4.39 Å². The lowest BCUT2D eigenvalue weighted by Crippen LogP contribution is -2.59. The Morgan fingerprint density at radius 3 is 1.50 bits per heavy atom. The maximum absolute atomic E-state index is 13.0. The average Bonchev–Trinajstić information content (AvgIpc) is 3.88. The fourth-order valence-corrected chi connectivity index (χ4v) is 8.53. The highest BCUT2D eigenvalue weighted by atomic mass is 35.5. The molecule has 2 aliphatic rings. The topological polar surface area (TPSA) is 102 Å². The number of hydrogen-bond donors (Lipinski definition) is 0. The van der Waals surface area contributed by atoms with E-state index in [0.29, 0.717) is 68.9 Å². The van der Waals surface area contributed by atoms with Crippen LogP contribution < -0.4 is 29.0 Å². The molecular formula is C45H51Cl2FN6O6. The maximum atomic E-state index is 13.0. The third-order valence-corrected chi connectivity index (χ3v) is 11.6. The first kappa shape index (κ1) is 41.8. The molecule has 4 heterocycles. The number of oxazole rings is 2. The summed E-state index contributed by atoms with van der Waals surface area (Å²) in [6, 6.07) is 24.0. The standard InChI is InChI=1S/C45H51Cl2FN6O6/c1-4-22-57-42-24-30(5-11-38(42)55-2)28-51-18-13-34(14-19-51)53(44-49-36-9-7-32(46)26-40(36)59-44)54(45-50-37-10-8-33(47)27-41(37)60-45)35-15-20-52(21-16-35)29-31-6-12-39(56-3)43(25-31)58-23-17-48/h5-12,24-27,34-35H,4,13-23,28-29H2,1-3H3. The van der Waals surface area contributed by atoms with E-state index in [4.69, 9.17) is 61.0 Å². The third kappa shape index (κ3) is 9.49. The lowest BCUT2D eigenvalue weighted by molar-refractivity contribution is 0.178. The number of likely N-dealkylation sites (tertiary alicyclic amines) is 2. The number of rotatable bonds is 17. The fraction of sp³-hybridized carbons (Fsp3) is 0.422. The van der Waals surface area contributed by atoms with Gasteiger partial charge in [0.25, 0.3) is 0 Å². The number of ether oxygens (including phenoxy) is 4. The van der Waals surface area contributed by atoms with Crippen molar-refractivity contribution >= 4 is 57.4 Å². The van der Waals surface area contributed by atoms with Gasteiger partial charge in [-0.25, -0.2) is 14.4 Å². The van der Waals surface area contributed by atoms with Gasteiger partial charge in [-0.05, 0) is 91.8 Å². The van der Waals surface area contributed by atoms with Crippen LogP contribution in [-0.4, -0.2) is 92.1 Å². The van der Waals surface area contributed by atoms with Crippen LogP contribution >= 0.6 is 23.2 Å². The van der Waals surface area contributed by atoms with E-state index in [1.54, 1.807) is 26.4 Å². The second-order valence-electron chi connectivity index (χ2n) is 15.3. The largest absolute Gasteiger partial charge is 0.493 e. The van der Waals surface area contributed by atoms with Crippen LogP contribution in [0.3, 0.4) is 0 Å². The first-order valence-electron chi connectivity index (χ1n) is 20.6. The Balaban J connectivity index is 1.08. The summed E-state index contributed by atoms with van der Waals surface area (Å²) in [5.41, 5.74) is 4.87. The van der Waals surface area contributed by atoms with Gasteiger partial charge in [0.15, 0.2) is 34.2 Å². The van der Waals surface area contributed by atoms with Crippen LogP contribution in [-0.2, 0) is 13.1 Å². The van der Waals surface area contributed by atoms with Gasteiger partial charge in [0.1, 0.15) is 24.3 Å². The monoisotopic (exact) mass is 860 g/mol. The van der Waals surface area contributed by atoms with Gasteiger partial charge in [0, 0.05) is 61.4 Å². The smallest absolute Gasteiger partial charge is 0.318 e. The Kier molecular flexibility index (Phi) is 13.4. The summed E-state index contributed by atoms with van der Waals surface area (Å²) in [5.74, 6) is 2.64. The number of hydrogen-bond acceptors (Lipinski definition) is 12. The van der Waals surface area contributed by atoms with Crippen LogP contribution in [0.2, 0.25) is 10.0 Å². The normalized spacial score (nSPS) is 15.8. The van der Waals surface area contributed by atoms with Gasteiger partial charge in [0.05, 0.1) is 32.9 Å². The summed E-state index contributed by atoms with van der Waals surface area (Å²) < 4.78 is 48.9. The molecule has 2 fully saturated rings. The van der Waals surface area contributed by atoms with Gasteiger partial charge in [-0.15, -0.1) is 0 Å². The quantitative estimate of drug-likeness (QED) is 0.0816. The number of nitrogens with zero attached hydrogens (tertiary/aromatic N) is 6. The first-order chi connectivity index (χ1) is 29.3. The van der Waals surface area contributed by atoms with Crippen molar-refractivity contribution in [3.8, 4) is 23.0 Å². The third-order valence-electron chi connectivity index (χ3n) is 11.2. The van der Waals surface area contributed by atoms with Gasteiger partial charge in [-0.3, -0.25) is 9.80 Å². The summed E-state index contributed by atoms with van der Waals surface area (Å²) in [6.07, 6.45) is 4.20. The molecule has 0 unspecified atom stereocenters. The van der Waals surface area contributed by atoms with Crippen LogP contribution in [0.5, 0.6) is 23.0 Å². The summed E-state index contributed by atoms with van der Waals surface area (Å²) in [6.45, 7) is 6.93. The van der Waals surface area contributed by atoms with Gasteiger partial charge in [-0.1, -0.05) is 42.3 Å². The predicted octanol–water partition coefficient (Wildman–Crippen LogP) is 9.99. The molecule has 2 aliphatic heterocycles. The van der Waals surface area contributed by atoms with Crippen molar-refractivity contribution in [3.63, 3.8) is 0 Å². The number of aromatic nitrogens is 2. The Morgan fingerprint density at radius 1 is 0.633 bits per heavy atom. The van der Waals surface area contributed by atoms with E-state index >= 15 is 0 Å². The average molecular weight is 862 g/mol. The molecule has 2 aromatic heterocycles. The number of hydrazine groups is 1. The van der Waals surface area contributed by atoms with Gasteiger partial charge in [0.2, 0.25) is 0 Å². The number of methoxy groups -OCH3 is 2. The number of halogens is 3. The molecule has 0 bridgehead atoms. The second kappa shape index (κ2) is 19.2. The number of alkyl halides is 1. The van der Waals surface area contributed by atoms with Crippen LogP contribution in [0.1, 0.15) is 50.2 Å². The highest BCUT2D eigenvalue weighted by Crippen LogP contribution is 2.38. The number of piperidine rings is 2. The number of fused-ring (bicyclic) bond motifs is 2. The van der Waals surface area contributed by atoms with E-state index < -0.39 is 6.67 Å². The van der Waals surface area contributed by atoms with E-state index in [2.05, 4.69) is 38.9 Å². The number of anilines is 2. The minimum Gasteiger partial charge on any atom is -0.493 e.